The molecule has 0 unspecified atom stereocenters. The molecule has 1 aromatic carbocycles. The molecule has 3 rings (SSSR count). The first-order chi connectivity index (χ1) is 13.7. The van der Waals surface area contributed by atoms with Gasteiger partial charge in [0.2, 0.25) is 0 Å². The molecule has 0 saturated carbocycles. The lowest BCUT2D eigenvalue weighted by Gasteiger charge is -2.21. The SMILES string of the molecule is CC(C)(C)OC(=O)Nc1ccc(-c2ccsc2)cc1NC(=O)c1ccc(Cl)nc1. The zero-order valence-corrected chi connectivity index (χ0v) is 17.7. The zero-order valence-electron chi connectivity index (χ0n) is 16.2. The number of thiophene rings is 1. The summed E-state index contributed by atoms with van der Waals surface area (Å²) in [5.74, 6) is -0.371. The number of benzene rings is 1. The van der Waals surface area contributed by atoms with Crippen molar-refractivity contribution in [2.75, 3.05) is 10.6 Å². The van der Waals surface area contributed by atoms with Crippen molar-refractivity contribution in [1.82, 2.24) is 4.98 Å². The summed E-state index contributed by atoms with van der Waals surface area (Å²) in [5, 5.41) is 9.80. The smallest absolute Gasteiger partial charge is 0.412 e. The van der Waals surface area contributed by atoms with Crippen LogP contribution in [0.2, 0.25) is 5.15 Å². The normalized spacial score (nSPS) is 11.0. The van der Waals surface area contributed by atoms with Crippen molar-refractivity contribution in [2.24, 2.45) is 0 Å². The summed E-state index contributed by atoms with van der Waals surface area (Å²) in [6.07, 6.45) is 0.783. The van der Waals surface area contributed by atoms with Gasteiger partial charge in [-0.05, 0) is 73.0 Å². The number of carbonyl (C=O) groups excluding carboxylic acids is 2. The lowest BCUT2D eigenvalue weighted by atomic mass is 10.1. The maximum absolute atomic E-state index is 12.7. The standard InChI is InChI=1S/C21H20ClN3O3S/c1-21(2,3)28-20(27)25-16-6-4-13(15-8-9-29-12-15)10-17(16)24-19(26)14-5-7-18(22)23-11-14/h4-12H,1-3H3,(H,24,26)(H,25,27). The first-order valence-electron chi connectivity index (χ1n) is 8.81. The van der Waals surface area contributed by atoms with Crippen LogP contribution in [0, 0.1) is 0 Å². The van der Waals surface area contributed by atoms with Crippen molar-refractivity contribution in [2.45, 2.75) is 26.4 Å². The van der Waals surface area contributed by atoms with E-state index < -0.39 is 11.7 Å². The van der Waals surface area contributed by atoms with Gasteiger partial charge in [0.25, 0.3) is 5.91 Å². The number of aromatic nitrogens is 1. The molecule has 150 valence electrons. The van der Waals surface area contributed by atoms with Crippen LogP contribution in [0.3, 0.4) is 0 Å². The van der Waals surface area contributed by atoms with Crippen LogP contribution in [0.1, 0.15) is 31.1 Å². The number of nitrogens with one attached hydrogen (secondary N) is 2. The van der Waals surface area contributed by atoms with Crippen LogP contribution >= 0.6 is 22.9 Å². The highest BCUT2D eigenvalue weighted by Gasteiger charge is 2.18. The molecule has 2 N–H and O–H groups in total. The maximum atomic E-state index is 12.7. The second-order valence-corrected chi connectivity index (χ2v) is 8.39. The van der Waals surface area contributed by atoms with Gasteiger partial charge in [-0.1, -0.05) is 17.7 Å². The monoisotopic (exact) mass is 429 g/mol. The number of halogens is 1. The molecular weight excluding hydrogens is 410 g/mol. The van der Waals surface area contributed by atoms with Gasteiger partial charge in [0, 0.05) is 6.20 Å². The number of hydrogen-bond donors (Lipinski definition) is 2. The van der Waals surface area contributed by atoms with Crippen molar-refractivity contribution < 1.29 is 14.3 Å². The minimum absolute atomic E-state index is 0.299. The number of anilines is 2. The molecule has 0 aliphatic rings. The Balaban J connectivity index is 1.90. The zero-order chi connectivity index (χ0) is 21.0. The number of rotatable bonds is 4. The molecule has 0 atom stereocenters. The van der Waals surface area contributed by atoms with E-state index in [1.165, 1.54) is 12.3 Å². The van der Waals surface area contributed by atoms with Crippen LogP contribution in [0.4, 0.5) is 16.2 Å². The molecule has 8 heteroatoms. The Morgan fingerprint density at radius 2 is 1.83 bits per heavy atom. The van der Waals surface area contributed by atoms with Gasteiger partial charge in [-0.25, -0.2) is 9.78 Å². The van der Waals surface area contributed by atoms with Gasteiger partial charge in [-0.3, -0.25) is 10.1 Å². The fourth-order valence-corrected chi connectivity index (χ4v) is 3.26. The van der Waals surface area contributed by atoms with E-state index in [1.54, 1.807) is 50.3 Å². The summed E-state index contributed by atoms with van der Waals surface area (Å²) >= 11 is 7.36. The van der Waals surface area contributed by atoms with Crippen LogP contribution in [0.5, 0.6) is 0 Å². The Bertz CT molecular complexity index is 1010. The van der Waals surface area contributed by atoms with Crippen molar-refractivity contribution in [3.63, 3.8) is 0 Å². The second-order valence-electron chi connectivity index (χ2n) is 7.22. The topological polar surface area (TPSA) is 80.3 Å². The Morgan fingerprint density at radius 1 is 1.03 bits per heavy atom. The van der Waals surface area contributed by atoms with Crippen molar-refractivity contribution in [3.05, 3.63) is 64.1 Å². The average molecular weight is 430 g/mol. The molecule has 6 nitrogen and oxygen atoms in total. The van der Waals surface area contributed by atoms with Gasteiger partial charge in [0.1, 0.15) is 10.8 Å². The molecule has 0 bridgehead atoms. The molecular formula is C21H20ClN3O3S. The number of ether oxygens (including phenoxy) is 1. The lowest BCUT2D eigenvalue weighted by Crippen LogP contribution is -2.27. The van der Waals surface area contributed by atoms with Crippen LogP contribution in [0.15, 0.2) is 53.4 Å². The van der Waals surface area contributed by atoms with Crippen molar-refractivity contribution >= 4 is 46.3 Å². The highest BCUT2D eigenvalue weighted by molar-refractivity contribution is 7.08. The Hall–Kier alpha value is -2.90. The summed E-state index contributed by atoms with van der Waals surface area (Å²) in [5.41, 5.74) is 2.50. The maximum Gasteiger partial charge on any atom is 0.412 e. The van der Waals surface area contributed by atoms with E-state index >= 15 is 0 Å². The van der Waals surface area contributed by atoms with Gasteiger partial charge in [-0.2, -0.15) is 11.3 Å². The average Bonchev–Trinajstić information content (AvgIpc) is 3.16. The third kappa shape index (κ3) is 5.79. The number of amides is 2. The molecule has 0 radical (unpaired) electrons. The fourth-order valence-electron chi connectivity index (χ4n) is 2.48. The van der Waals surface area contributed by atoms with E-state index in [9.17, 15) is 9.59 Å². The Labute approximate surface area is 177 Å². The summed E-state index contributed by atoms with van der Waals surface area (Å²) in [6, 6.07) is 10.5. The fraction of sp³-hybridized carbons (Fsp3) is 0.190. The van der Waals surface area contributed by atoms with Gasteiger partial charge >= 0.3 is 6.09 Å². The molecule has 2 aromatic heterocycles. The summed E-state index contributed by atoms with van der Waals surface area (Å²) in [4.78, 5) is 28.8. The highest BCUT2D eigenvalue weighted by Crippen LogP contribution is 2.31. The number of carbonyl (C=O) groups is 2. The first kappa shape index (κ1) is 20.8. The van der Waals surface area contributed by atoms with E-state index in [0.29, 0.717) is 22.1 Å². The van der Waals surface area contributed by atoms with Crippen molar-refractivity contribution in [3.8, 4) is 11.1 Å². The van der Waals surface area contributed by atoms with Crippen LogP contribution < -0.4 is 10.6 Å². The molecule has 0 fully saturated rings. The van der Waals surface area contributed by atoms with Gasteiger partial charge in [0.05, 0.1) is 16.9 Å². The lowest BCUT2D eigenvalue weighted by molar-refractivity contribution is 0.0635. The van der Waals surface area contributed by atoms with Crippen molar-refractivity contribution in [1.29, 1.82) is 0 Å². The van der Waals surface area contributed by atoms with Gasteiger partial charge in [-0.15, -0.1) is 0 Å². The highest BCUT2D eigenvalue weighted by atomic mass is 35.5. The molecule has 3 aromatic rings. The molecule has 0 aliphatic carbocycles. The van der Waals surface area contributed by atoms with E-state index in [4.69, 9.17) is 16.3 Å². The van der Waals surface area contributed by atoms with E-state index in [-0.39, 0.29) is 5.91 Å². The van der Waals surface area contributed by atoms with Crippen LogP contribution in [0.25, 0.3) is 11.1 Å². The molecule has 0 aliphatic heterocycles. The quantitative estimate of drug-likeness (QED) is 0.493. The van der Waals surface area contributed by atoms with E-state index in [0.717, 1.165) is 11.1 Å². The minimum Gasteiger partial charge on any atom is -0.444 e. The molecule has 29 heavy (non-hydrogen) atoms. The predicted molar refractivity (Wildman–Crippen MR) is 117 cm³/mol. The van der Waals surface area contributed by atoms with Crippen LogP contribution in [-0.4, -0.2) is 22.6 Å². The summed E-state index contributed by atoms with van der Waals surface area (Å²) < 4.78 is 5.32. The third-order valence-electron chi connectivity index (χ3n) is 3.75. The largest absolute Gasteiger partial charge is 0.444 e. The molecule has 0 spiro atoms. The minimum atomic E-state index is -0.640. The summed E-state index contributed by atoms with van der Waals surface area (Å²) in [6.45, 7) is 5.34. The van der Waals surface area contributed by atoms with Gasteiger partial charge < -0.3 is 10.1 Å². The van der Waals surface area contributed by atoms with E-state index in [2.05, 4.69) is 15.6 Å². The molecule has 2 amide bonds. The Kier molecular flexibility index (Phi) is 6.20. The number of pyridine rings is 1. The first-order valence-corrected chi connectivity index (χ1v) is 10.1. The predicted octanol–water partition coefficient (Wildman–Crippen LogP) is 6.06. The summed E-state index contributed by atoms with van der Waals surface area (Å²) in [7, 11) is 0. The van der Waals surface area contributed by atoms with Crippen LogP contribution in [-0.2, 0) is 4.74 Å². The molecule has 2 heterocycles. The third-order valence-corrected chi connectivity index (χ3v) is 4.65. The Morgan fingerprint density at radius 3 is 2.45 bits per heavy atom. The number of nitrogens with zero attached hydrogens (tertiary/aromatic N) is 1. The number of hydrogen-bond acceptors (Lipinski definition) is 5. The second kappa shape index (κ2) is 8.63. The van der Waals surface area contributed by atoms with Gasteiger partial charge in [0.15, 0.2) is 0 Å². The molecule has 0 saturated heterocycles. The van der Waals surface area contributed by atoms with E-state index in [1.807, 2.05) is 22.9 Å².